The molecular formula is C3H3MgNiOTi. The summed E-state index contributed by atoms with van der Waals surface area (Å²) in [6.45, 7) is 3.12. The molecule has 0 N–H and O–H groups in total. The average molecular weight is 186 g/mol. The van der Waals surface area contributed by atoms with Crippen LogP contribution in [0.2, 0.25) is 0 Å². The smallest absolute Gasteiger partial charge is 0 e. The molecule has 0 unspecified atom stereocenters. The van der Waals surface area contributed by atoms with E-state index < -0.39 is 0 Å². The summed E-state index contributed by atoms with van der Waals surface area (Å²) >= 11 is 3.77. The minimum atomic E-state index is -0.356. The van der Waals surface area contributed by atoms with E-state index in [0.29, 0.717) is 0 Å². The van der Waals surface area contributed by atoms with Crippen LogP contribution < -0.4 is 0 Å². The first kappa shape index (κ1) is 15.8. The maximum absolute atomic E-state index is 9.53. The molecule has 0 aromatic rings. The summed E-state index contributed by atoms with van der Waals surface area (Å²) in [5, 5.41) is 0. The van der Waals surface area contributed by atoms with Crippen LogP contribution in [0.1, 0.15) is 0 Å². The van der Waals surface area contributed by atoms with E-state index in [2.05, 4.69) is 22.0 Å². The van der Waals surface area contributed by atoms with Crippen molar-refractivity contribution in [1.82, 2.24) is 0 Å². The SMILES string of the molecule is C=C[C](=O)[Ni].[Mg].[Ti]. The van der Waals surface area contributed by atoms with Gasteiger partial charge < -0.3 is 0 Å². The Morgan fingerprint density at radius 3 is 1.86 bits per heavy atom. The summed E-state index contributed by atoms with van der Waals surface area (Å²) < 4.78 is -0.356. The van der Waals surface area contributed by atoms with Crippen LogP contribution in [0.25, 0.3) is 0 Å². The van der Waals surface area contributed by atoms with Crippen molar-refractivity contribution in [3.63, 3.8) is 0 Å². The van der Waals surface area contributed by atoms with Crippen molar-refractivity contribution in [2.24, 2.45) is 0 Å². The van der Waals surface area contributed by atoms with Crippen molar-refractivity contribution in [1.29, 1.82) is 0 Å². The van der Waals surface area contributed by atoms with Gasteiger partial charge in [-0.2, -0.15) is 0 Å². The molecule has 4 heteroatoms. The molecule has 0 saturated carbocycles. The third kappa shape index (κ3) is 18.7. The molecule has 0 aromatic heterocycles. The van der Waals surface area contributed by atoms with Gasteiger partial charge in [0.2, 0.25) is 0 Å². The predicted octanol–water partition coefficient (Wildman–Crippen LogP) is -0.137. The van der Waals surface area contributed by atoms with Gasteiger partial charge in [0.1, 0.15) is 0 Å². The van der Waals surface area contributed by atoms with Gasteiger partial charge in [0, 0.05) is 44.8 Å². The summed E-state index contributed by atoms with van der Waals surface area (Å²) in [5.74, 6) is 0. The normalized spacial score (nSPS) is 4.86. The summed E-state index contributed by atoms with van der Waals surface area (Å²) in [7, 11) is 0. The number of hydrogen-bond donors (Lipinski definition) is 0. The van der Waals surface area contributed by atoms with Crippen LogP contribution in [-0.4, -0.2) is 27.8 Å². The monoisotopic (exact) mass is 185 g/mol. The van der Waals surface area contributed by atoms with Crippen LogP contribution in [-0.2, 0) is 42.0 Å². The Hall–Kier alpha value is 1.38. The van der Waals surface area contributed by atoms with Gasteiger partial charge in [-0.05, 0) is 0 Å². The van der Waals surface area contributed by atoms with E-state index >= 15 is 0 Å². The maximum Gasteiger partial charge on any atom is 0 e. The molecule has 0 amide bonds. The van der Waals surface area contributed by atoms with Gasteiger partial charge in [0.05, 0.1) is 0 Å². The molecule has 0 atom stereocenters. The molecule has 0 aliphatic rings. The van der Waals surface area contributed by atoms with Gasteiger partial charge >= 0.3 is 37.7 Å². The molecule has 0 saturated heterocycles. The maximum atomic E-state index is 9.53. The van der Waals surface area contributed by atoms with Crippen molar-refractivity contribution < 1.29 is 42.0 Å². The number of allylic oxidation sites excluding steroid dienone is 1. The van der Waals surface area contributed by atoms with Crippen LogP contribution in [0.5, 0.6) is 0 Å². The third-order valence-corrected chi connectivity index (χ3v) is 0.349. The minimum absolute atomic E-state index is 0. The van der Waals surface area contributed by atoms with E-state index in [1.807, 2.05) is 0 Å². The van der Waals surface area contributed by atoms with E-state index in [1.54, 1.807) is 0 Å². The zero-order valence-electron chi connectivity index (χ0n) is 3.72. The molecule has 2 radical (unpaired) electrons. The summed E-state index contributed by atoms with van der Waals surface area (Å²) in [4.78, 5) is 9.53. The topological polar surface area (TPSA) is 17.1 Å². The van der Waals surface area contributed by atoms with Gasteiger partial charge in [-0.25, -0.2) is 0 Å². The van der Waals surface area contributed by atoms with Crippen LogP contribution in [0.15, 0.2) is 12.7 Å². The quantitative estimate of drug-likeness (QED) is 0.411. The summed E-state index contributed by atoms with van der Waals surface area (Å²) in [5.41, 5.74) is 0. The second-order valence-electron chi connectivity index (χ2n) is 0.478. The Morgan fingerprint density at radius 2 is 1.86 bits per heavy atom. The standard InChI is InChI=1S/C3H3O.Mg.Ni.Ti/c1-2-3-4;;;/h2H,1H2;;;. The zero-order chi connectivity index (χ0) is 4.28. The number of rotatable bonds is 1. The van der Waals surface area contributed by atoms with Gasteiger partial charge in [-0.3, -0.25) is 0 Å². The molecule has 0 heterocycles. The van der Waals surface area contributed by atoms with Gasteiger partial charge in [0.25, 0.3) is 0 Å². The van der Waals surface area contributed by atoms with Crippen molar-refractivity contribution in [2.45, 2.75) is 0 Å². The first-order valence-corrected chi connectivity index (χ1v) is 1.55. The van der Waals surface area contributed by atoms with Crippen LogP contribution >= 0.6 is 0 Å². The first-order chi connectivity index (χ1) is 2.27. The minimum Gasteiger partial charge on any atom is 0 e. The Morgan fingerprint density at radius 1 is 1.71 bits per heavy atom. The molecule has 0 bridgehead atoms. The van der Waals surface area contributed by atoms with Gasteiger partial charge in [-0.15, -0.1) is 0 Å². The van der Waals surface area contributed by atoms with E-state index in [-0.39, 0.29) is 49.5 Å². The van der Waals surface area contributed by atoms with Crippen LogP contribution in [0.4, 0.5) is 0 Å². The van der Waals surface area contributed by atoms with E-state index in [0.717, 1.165) is 6.08 Å². The molecular weight excluding hydrogens is 183 g/mol. The summed E-state index contributed by atoms with van der Waals surface area (Å²) in [6, 6.07) is 0. The molecule has 0 aliphatic heterocycles. The Bertz CT molecular complexity index is 66.0. The van der Waals surface area contributed by atoms with Crippen molar-refractivity contribution in [2.75, 3.05) is 0 Å². The number of hydrogen-bond acceptors (Lipinski definition) is 1. The second kappa shape index (κ2) is 10.4. The Labute approximate surface area is 81.7 Å². The second-order valence-corrected chi connectivity index (χ2v) is 0.965. The number of carbonyl (C=O) groups excluding carboxylic acids is 1. The Balaban J connectivity index is -0.0000000800. The fourth-order valence-electron chi connectivity index (χ4n) is 0. The molecule has 0 aromatic carbocycles. The van der Waals surface area contributed by atoms with Gasteiger partial charge in [-0.1, -0.05) is 0 Å². The molecule has 37 valence electrons. The molecule has 0 rings (SSSR count). The van der Waals surface area contributed by atoms with Gasteiger partial charge in [0.15, 0.2) is 0 Å². The molecule has 0 aliphatic carbocycles. The van der Waals surface area contributed by atoms with Crippen molar-refractivity contribution in [3.05, 3.63) is 12.7 Å². The predicted molar refractivity (Wildman–Crippen MR) is 21.0 cm³/mol. The van der Waals surface area contributed by atoms with Crippen molar-refractivity contribution in [3.8, 4) is 0 Å². The van der Waals surface area contributed by atoms with E-state index in [4.69, 9.17) is 0 Å². The third-order valence-electron chi connectivity index (χ3n) is 0.148. The zero-order valence-corrected chi connectivity index (χ0v) is 7.68. The summed E-state index contributed by atoms with van der Waals surface area (Å²) in [6.07, 6.45) is 1.11. The Kier molecular flexibility index (Phi) is 23.4. The molecule has 0 spiro atoms. The average Bonchev–Trinajstić information content (AvgIpc) is 1.38. The van der Waals surface area contributed by atoms with Crippen LogP contribution in [0, 0.1) is 0 Å². The fourth-order valence-corrected chi connectivity index (χ4v) is 0. The molecule has 0 fully saturated rings. The largest absolute Gasteiger partial charge is 0 e. The van der Waals surface area contributed by atoms with E-state index in [1.165, 1.54) is 0 Å². The first-order valence-electron chi connectivity index (χ1n) is 1.06. The fraction of sp³-hybridized carbons (Fsp3) is 0. The van der Waals surface area contributed by atoms with E-state index in [9.17, 15) is 4.79 Å². The van der Waals surface area contributed by atoms with Crippen LogP contribution in [0.3, 0.4) is 0 Å². The number of carbonyl (C=O) groups is 1. The molecule has 1 nitrogen and oxygen atoms in total. The van der Waals surface area contributed by atoms with Crippen molar-refractivity contribution >= 4 is 27.8 Å². The molecule has 7 heavy (non-hydrogen) atoms.